The number of carbonyl (C=O) groups is 1. The van der Waals surface area contributed by atoms with Crippen molar-refractivity contribution in [3.63, 3.8) is 0 Å². The van der Waals surface area contributed by atoms with Crippen LogP contribution in [0.5, 0.6) is 0 Å². The van der Waals surface area contributed by atoms with Crippen LogP contribution in [-0.2, 0) is 12.0 Å². The summed E-state index contributed by atoms with van der Waals surface area (Å²) in [5, 5.41) is 16.4. The third kappa shape index (κ3) is 4.07. The fraction of sp³-hybridized carbons (Fsp3) is 0.733. The molecule has 0 spiro atoms. The number of aliphatic hydroxyl groups excluding tert-OH is 1. The fourth-order valence-corrected chi connectivity index (χ4v) is 1.92. The molecule has 5 heteroatoms. The molecule has 1 rings (SSSR count). The van der Waals surface area contributed by atoms with Crippen molar-refractivity contribution in [1.82, 2.24) is 15.1 Å². The Labute approximate surface area is 121 Å². The van der Waals surface area contributed by atoms with Crippen LogP contribution in [0.4, 0.5) is 0 Å². The van der Waals surface area contributed by atoms with E-state index in [1.165, 1.54) is 0 Å². The fourth-order valence-electron chi connectivity index (χ4n) is 1.92. The van der Waals surface area contributed by atoms with Crippen LogP contribution >= 0.6 is 0 Å². The highest BCUT2D eigenvalue weighted by Crippen LogP contribution is 2.23. The van der Waals surface area contributed by atoms with Gasteiger partial charge in [0.25, 0.3) is 5.91 Å². The molecule has 0 aliphatic rings. The summed E-state index contributed by atoms with van der Waals surface area (Å²) in [6.45, 7) is 12.6. The van der Waals surface area contributed by atoms with E-state index in [0.29, 0.717) is 5.69 Å². The summed E-state index contributed by atoms with van der Waals surface area (Å²) in [4.78, 5) is 12.2. The summed E-state index contributed by atoms with van der Waals surface area (Å²) < 4.78 is 1.90. The lowest BCUT2D eigenvalue weighted by Gasteiger charge is -2.22. The number of aromatic nitrogens is 2. The largest absolute Gasteiger partial charge is 0.394 e. The number of rotatable bonds is 5. The Morgan fingerprint density at radius 3 is 2.40 bits per heavy atom. The summed E-state index contributed by atoms with van der Waals surface area (Å²) in [5.41, 5.74) is 0.747. The minimum Gasteiger partial charge on any atom is -0.394 e. The Bertz CT molecular complexity index is 470. The number of aryl methyl sites for hydroxylation is 1. The molecule has 0 saturated carbocycles. The maximum Gasteiger partial charge on any atom is 0.272 e. The van der Waals surface area contributed by atoms with Crippen LogP contribution < -0.4 is 5.32 Å². The van der Waals surface area contributed by atoms with Crippen LogP contribution in [0.2, 0.25) is 0 Å². The van der Waals surface area contributed by atoms with Gasteiger partial charge in [-0.25, -0.2) is 0 Å². The van der Waals surface area contributed by atoms with Crippen LogP contribution in [0.25, 0.3) is 0 Å². The molecule has 0 bridgehead atoms. The third-order valence-corrected chi connectivity index (χ3v) is 3.06. The topological polar surface area (TPSA) is 67.2 Å². The molecule has 1 amide bonds. The number of nitrogens with zero attached hydrogens (tertiary/aromatic N) is 2. The number of hydrogen-bond donors (Lipinski definition) is 2. The van der Waals surface area contributed by atoms with Gasteiger partial charge in [0, 0.05) is 17.7 Å². The standard InChI is InChI=1S/C15H27N3O2/c1-7-8-18-12(14(2,3)4)9-11(17-18)13(20)16-15(5,6)10-19/h9,19H,7-8,10H2,1-6H3,(H,16,20). The summed E-state index contributed by atoms with van der Waals surface area (Å²) >= 11 is 0. The predicted octanol–water partition coefficient (Wildman–Crippen LogP) is 2.09. The quantitative estimate of drug-likeness (QED) is 0.868. The van der Waals surface area contributed by atoms with E-state index in [0.717, 1.165) is 18.7 Å². The van der Waals surface area contributed by atoms with E-state index in [1.807, 2.05) is 10.7 Å². The van der Waals surface area contributed by atoms with Crippen molar-refractivity contribution in [2.45, 2.75) is 65.5 Å². The van der Waals surface area contributed by atoms with Crippen molar-refractivity contribution in [3.8, 4) is 0 Å². The van der Waals surface area contributed by atoms with Crippen molar-refractivity contribution in [2.24, 2.45) is 0 Å². The second-order valence-corrected chi connectivity index (χ2v) is 6.88. The van der Waals surface area contributed by atoms with Gasteiger partial charge >= 0.3 is 0 Å². The molecule has 114 valence electrons. The van der Waals surface area contributed by atoms with E-state index >= 15 is 0 Å². The van der Waals surface area contributed by atoms with E-state index < -0.39 is 5.54 Å². The van der Waals surface area contributed by atoms with Crippen molar-refractivity contribution in [1.29, 1.82) is 0 Å². The molecule has 2 N–H and O–H groups in total. The second-order valence-electron chi connectivity index (χ2n) is 6.88. The van der Waals surface area contributed by atoms with E-state index in [4.69, 9.17) is 0 Å². The van der Waals surface area contributed by atoms with Crippen LogP contribution in [0.3, 0.4) is 0 Å². The number of carbonyl (C=O) groups excluding carboxylic acids is 1. The zero-order valence-electron chi connectivity index (χ0n) is 13.4. The van der Waals surface area contributed by atoms with Gasteiger partial charge in [0.2, 0.25) is 0 Å². The SMILES string of the molecule is CCCn1nc(C(=O)NC(C)(C)CO)cc1C(C)(C)C. The lowest BCUT2D eigenvalue weighted by atomic mass is 9.91. The lowest BCUT2D eigenvalue weighted by Crippen LogP contribution is -2.46. The van der Waals surface area contributed by atoms with Gasteiger partial charge in [0.05, 0.1) is 12.1 Å². The molecule has 1 aromatic rings. The van der Waals surface area contributed by atoms with Crippen LogP contribution in [0.15, 0.2) is 6.07 Å². The first kappa shape index (κ1) is 16.7. The van der Waals surface area contributed by atoms with Crippen LogP contribution in [0, 0.1) is 0 Å². The summed E-state index contributed by atoms with van der Waals surface area (Å²) in [7, 11) is 0. The van der Waals surface area contributed by atoms with Crippen LogP contribution in [-0.4, -0.2) is 32.9 Å². The van der Waals surface area contributed by atoms with E-state index in [1.54, 1.807) is 13.8 Å². The molecular formula is C15H27N3O2. The van der Waals surface area contributed by atoms with E-state index in [9.17, 15) is 9.90 Å². The number of amides is 1. The molecule has 0 aromatic carbocycles. The zero-order chi connectivity index (χ0) is 15.6. The minimum atomic E-state index is -0.645. The smallest absolute Gasteiger partial charge is 0.272 e. The molecule has 0 radical (unpaired) electrons. The van der Waals surface area contributed by atoms with Gasteiger partial charge < -0.3 is 10.4 Å². The Morgan fingerprint density at radius 2 is 1.95 bits per heavy atom. The van der Waals surface area contributed by atoms with Gasteiger partial charge in [-0.1, -0.05) is 27.7 Å². The monoisotopic (exact) mass is 281 g/mol. The molecule has 0 saturated heterocycles. The number of nitrogens with one attached hydrogen (secondary N) is 1. The molecular weight excluding hydrogens is 254 g/mol. The Morgan fingerprint density at radius 1 is 1.35 bits per heavy atom. The molecule has 0 aliphatic carbocycles. The van der Waals surface area contributed by atoms with Crippen molar-refractivity contribution >= 4 is 5.91 Å². The first-order valence-electron chi connectivity index (χ1n) is 7.12. The Balaban J connectivity index is 3.05. The summed E-state index contributed by atoms with van der Waals surface area (Å²) in [6.07, 6.45) is 0.966. The van der Waals surface area contributed by atoms with E-state index in [2.05, 4.69) is 38.1 Å². The molecule has 1 aromatic heterocycles. The van der Waals surface area contributed by atoms with Gasteiger partial charge in [-0.3, -0.25) is 9.48 Å². The van der Waals surface area contributed by atoms with Gasteiger partial charge in [-0.05, 0) is 26.3 Å². The van der Waals surface area contributed by atoms with Crippen molar-refractivity contribution in [2.75, 3.05) is 6.61 Å². The second kappa shape index (κ2) is 5.95. The highest BCUT2D eigenvalue weighted by atomic mass is 16.3. The van der Waals surface area contributed by atoms with Gasteiger partial charge in [-0.2, -0.15) is 5.10 Å². The van der Waals surface area contributed by atoms with Gasteiger partial charge in [-0.15, -0.1) is 0 Å². The molecule has 20 heavy (non-hydrogen) atoms. The minimum absolute atomic E-state index is 0.0623. The normalized spacial score (nSPS) is 12.6. The maximum atomic E-state index is 12.2. The summed E-state index contributed by atoms with van der Waals surface area (Å²) in [6, 6.07) is 1.85. The maximum absolute atomic E-state index is 12.2. The zero-order valence-corrected chi connectivity index (χ0v) is 13.4. The third-order valence-electron chi connectivity index (χ3n) is 3.06. The van der Waals surface area contributed by atoms with Gasteiger partial charge in [0.15, 0.2) is 0 Å². The van der Waals surface area contributed by atoms with Crippen molar-refractivity contribution < 1.29 is 9.90 Å². The molecule has 0 unspecified atom stereocenters. The van der Waals surface area contributed by atoms with Crippen LogP contribution in [0.1, 0.15) is 64.1 Å². The molecule has 1 heterocycles. The average molecular weight is 281 g/mol. The molecule has 0 fully saturated rings. The average Bonchev–Trinajstić information content (AvgIpc) is 2.73. The number of hydrogen-bond acceptors (Lipinski definition) is 3. The lowest BCUT2D eigenvalue weighted by molar-refractivity contribution is 0.0863. The molecule has 5 nitrogen and oxygen atoms in total. The Kier molecular flexibility index (Phi) is 4.97. The van der Waals surface area contributed by atoms with E-state index in [-0.39, 0.29) is 17.9 Å². The molecule has 0 aliphatic heterocycles. The van der Waals surface area contributed by atoms with Gasteiger partial charge in [0.1, 0.15) is 5.69 Å². The molecule has 0 atom stereocenters. The Hall–Kier alpha value is -1.36. The highest BCUT2D eigenvalue weighted by Gasteiger charge is 2.26. The number of aliphatic hydroxyl groups is 1. The predicted molar refractivity (Wildman–Crippen MR) is 79.8 cm³/mol. The first-order valence-corrected chi connectivity index (χ1v) is 7.12. The van der Waals surface area contributed by atoms with Crippen molar-refractivity contribution in [3.05, 3.63) is 17.5 Å². The first-order chi connectivity index (χ1) is 9.10. The summed E-state index contributed by atoms with van der Waals surface area (Å²) in [5.74, 6) is -0.246. The highest BCUT2D eigenvalue weighted by molar-refractivity contribution is 5.92.